The van der Waals surface area contributed by atoms with E-state index in [0.717, 1.165) is 8.58 Å². The van der Waals surface area contributed by atoms with Crippen molar-refractivity contribution in [3.63, 3.8) is 0 Å². The molecule has 0 radical (unpaired) electrons. The zero-order valence-corrected chi connectivity index (χ0v) is 8.55. The molecule has 0 spiro atoms. The van der Waals surface area contributed by atoms with Gasteiger partial charge < -0.3 is 7.43 Å². The van der Waals surface area contributed by atoms with E-state index >= 15 is 0 Å². The molecule has 0 nitrogen and oxygen atoms in total. The topological polar surface area (TPSA) is 0 Å². The quantitative estimate of drug-likeness (QED) is 0.516. The molecule has 1 atom stereocenters. The van der Waals surface area contributed by atoms with Crippen LogP contribution in [-0.4, -0.2) is 12.8 Å². The molecule has 0 aromatic carbocycles. The molecule has 0 N–H and O–H groups in total. The molecule has 0 aliphatic heterocycles. The molecule has 56 valence electrons. The maximum atomic E-state index is 2.21. The molecular weight excluding hydrogens is 287 g/mol. The van der Waals surface area contributed by atoms with Gasteiger partial charge in [0.2, 0.25) is 0 Å². The van der Waals surface area contributed by atoms with Crippen LogP contribution < -0.4 is 0 Å². The molecule has 0 bridgehead atoms. The number of hydrogen-bond donors (Lipinski definition) is 0. The van der Waals surface area contributed by atoms with Gasteiger partial charge in [0.25, 0.3) is 0 Å². The van der Waals surface area contributed by atoms with E-state index in [1.165, 1.54) is 6.16 Å². The fourth-order valence-corrected chi connectivity index (χ4v) is 0. The first-order chi connectivity index (χ1) is 1.91. The average molecular weight is 307 g/mol. The Bertz CT molecular complexity index is 10.5. The first-order valence-corrected chi connectivity index (χ1v) is 3.27. The number of hydrogen-bond acceptors (Lipinski definition) is 0. The molecule has 0 aromatic rings. The summed E-state index contributed by atoms with van der Waals surface area (Å²) in [6.07, 6.45) is 1.35. The molecule has 0 amide bonds. The van der Waals surface area contributed by atoms with Gasteiger partial charge in [-0.05, 0) is 12.8 Å². The monoisotopic (exact) mass is 307 g/mol. The van der Waals surface area contributed by atoms with E-state index in [1.54, 1.807) is 0 Å². The van der Waals surface area contributed by atoms with Crippen LogP contribution in [0.3, 0.4) is 0 Å². The fraction of sp³-hybridized carbons (Fsp3) is 0.833. The van der Waals surface area contributed by atoms with Crippen molar-refractivity contribution < 1.29 is 21.1 Å². The van der Waals surface area contributed by atoms with E-state index in [0.29, 0.717) is 0 Å². The van der Waals surface area contributed by atoms with Crippen LogP contribution in [0.15, 0.2) is 0 Å². The average Bonchev–Trinajstić information content (AvgIpc) is 1.37. The Kier molecular flexibility index (Phi) is 187. The maximum absolute atomic E-state index is 2.21. The Labute approximate surface area is 71.9 Å². The number of rotatable bonds is 1. The largest absolute Gasteiger partial charge is 0.358 e. The van der Waals surface area contributed by atoms with Gasteiger partial charge >= 0.3 is 0 Å². The third-order valence-electron chi connectivity index (χ3n) is 0.354. The normalized spacial score (nSPS) is 5.25. The first kappa shape index (κ1) is 35.4. The zero-order chi connectivity index (χ0) is 3.41. The molecule has 0 rings (SSSR count). The summed E-state index contributed by atoms with van der Waals surface area (Å²) in [6.45, 7) is 4.40. The van der Waals surface area contributed by atoms with Gasteiger partial charge in [-0.1, -0.05) is 21.8 Å². The van der Waals surface area contributed by atoms with E-state index in [1.807, 2.05) is 0 Å². The molecule has 0 aliphatic carbocycles. The van der Waals surface area contributed by atoms with Gasteiger partial charge in [-0.2, -0.15) is 0 Å². The predicted octanol–water partition coefficient (Wildman–Crippen LogP) is 3.03. The van der Waals surface area contributed by atoms with E-state index in [4.69, 9.17) is 0 Å². The SMILES string of the molecule is C.C.CCPC.[CH3-].[W]. The second kappa shape index (κ2) is 42.3. The van der Waals surface area contributed by atoms with Crippen molar-refractivity contribution in [1.29, 1.82) is 0 Å². The van der Waals surface area contributed by atoms with Crippen molar-refractivity contribution in [2.45, 2.75) is 21.8 Å². The van der Waals surface area contributed by atoms with Crippen molar-refractivity contribution >= 4 is 8.58 Å². The van der Waals surface area contributed by atoms with Crippen LogP contribution >= 0.6 is 8.58 Å². The minimum absolute atomic E-state index is 0. The van der Waals surface area contributed by atoms with Crippen molar-refractivity contribution in [3.8, 4) is 0 Å². The van der Waals surface area contributed by atoms with Crippen LogP contribution in [-0.2, 0) is 21.1 Å². The minimum Gasteiger partial charge on any atom is -0.358 e. The smallest absolute Gasteiger partial charge is 0 e. The van der Waals surface area contributed by atoms with Crippen molar-refractivity contribution in [3.05, 3.63) is 7.43 Å². The van der Waals surface area contributed by atoms with Crippen molar-refractivity contribution in [2.24, 2.45) is 0 Å². The summed E-state index contributed by atoms with van der Waals surface area (Å²) in [5.41, 5.74) is 0. The van der Waals surface area contributed by atoms with Crippen LogP contribution in [0, 0.1) is 7.43 Å². The molecule has 0 saturated heterocycles. The van der Waals surface area contributed by atoms with Gasteiger partial charge in [0.1, 0.15) is 0 Å². The molecule has 0 heterocycles. The summed E-state index contributed by atoms with van der Waals surface area (Å²) in [6, 6.07) is 0. The fourth-order valence-electron chi connectivity index (χ4n) is 0. The van der Waals surface area contributed by atoms with Gasteiger partial charge in [-0.3, -0.25) is 0 Å². The standard InChI is InChI=1S/C3H9P.2CH4.CH3.W/c1-3-4-2;;;;/h4H,3H2,1-2H3;2*1H4;1H3;/q;;;-1;. The summed E-state index contributed by atoms with van der Waals surface area (Å²) >= 11 is 0. The van der Waals surface area contributed by atoms with Crippen molar-refractivity contribution in [2.75, 3.05) is 12.8 Å². The summed E-state index contributed by atoms with van der Waals surface area (Å²) in [5.74, 6) is 0. The minimum atomic E-state index is 0. The van der Waals surface area contributed by atoms with E-state index in [2.05, 4.69) is 13.6 Å². The van der Waals surface area contributed by atoms with Crippen LogP contribution in [0.25, 0.3) is 0 Å². The van der Waals surface area contributed by atoms with Gasteiger partial charge in [-0.15, -0.1) is 8.58 Å². The van der Waals surface area contributed by atoms with Crippen LogP contribution in [0.4, 0.5) is 0 Å². The second-order valence-electron chi connectivity index (χ2n) is 0.707. The van der Waals surface area contributed by atoms with Gasteiger partial charge in [0, 0.05) is 21.1 Å². The Morgan fingerprint density at radius 2 is 1.38 bits per heavy atom. The summed E-state index contributed by atoms with van der Waals surface area (Å²) < 4.78 is 0. The molecule has 8 heavy (non-hydrogen) atoms. The van der Waals surface area contributed by atoms with Gasteiger partial charge in [-0.25, -0.2) is 0 Å². The third-order valence-corrected chi connectivity index (χ3v) is 1.06. The molecule has 2 heteroatoms. The summed E-state index contributed by atoms with van der Waals surface area (Å²) in [5, 5.41) is 0. The van der Waals surface area contributed by atoms with Crippen LogP contribution in [0.1, 0.15) is 21.8 Å². The van der Waals surface area contributed by atoms with E-state index in [9.17, 15) is 0 Å². The third kappa shape index (κ3) is 59.4. The zero-order valence-electron chi connectivity index (χ0n) is 4.62. The van der Waals surface area contributed by atoms with E-state index < -0.39 is 0 Å². The van der Waals surface area contributed by atoms with Crippen molar-refractivity contribution in [1.82, 2.24) is 0 Å². The maximum Gasteiger partial charge on any atom is 0 e. The Balaban J connectivity index is -0.00000000750. The summed E-state index contributed by atoms with van der Waals surface area (Å²) in [7, 11) is 1.14. The second-order valence-corrected chi connectivity index (χ2v) is 2.12. The Morgan fingerprint density at radius 1 is 1.25 bits per heavy atom. The van der Waals surface area contributed by atoms with Crippen LogP contribution in [0.5, 0.6) is 0 Å². The summed E-state index contributed by atoms with van der Waals surface area (Å²) in [4.78, 5) is 0. The van der Waals surface area contributed by atoms with Crippen LogP contribution in [0.2, 0.25) is 0 Å². The van der Waals surface area contributed by atoms with Gasteiger partial charge in [0.05, 0.1) is 0 Å². The Morgan fingerprint density at radius 3 is 1.38 bits per heavy atom. The molecule has 0 fully saturated rings. The molecule has 0 aromatic heterocycles. The van der Waals surface area contributed by atoms with E-state index in [-0.39, 0.29) is 43.3 Å². The predicted molar refractivity (Wildman–Crippen MR) is 44.7 cm³/mol. The van der Waals surface area contributed by atoms with Gasteiger partial charge in [0.15, 0.2) is 0 Å². The molecule has 0 aliphatic rings. The Hall–Kier alpha value is 1.12. The molecule has 1 unspecified atom stereocenters. The molecular formula is C6H20PW-. The molecule has 0 saturated carbocycles. The first-order valence-electron chi connectivity index (χ1n) is 1.56.